The van der Waals surface area contributed by atoms with Crippen LogP contribution in [0.15, 0.2) is 36.4 Å². The molecule has 2 rings (SSSR count). The summed E-state index contributed by atoms with van der Waals surface area (Å²) in [5, 5.41) is 0. The van der Waals surface area contributed by atoms with Crippen LogP contribution in [0, 0.1) is 3.57 Å². The highest BCUT2D eigenvalue weighted by Gasteiger charge is 2.23. The average molecular weight is 681 g/mol. The molecule has 0 atom stereocenters. The quantitative estimate of drug-likeness (QED) is 0.0537. The molecule has 0 bridgehead atoms. The topological polar surface area (TPSA) is 35.5 Å². The molecule has 0 saturated heterocycles. The Morgan fingerprint density at radius 3 is 1.75 bits per heavy atom. The molecule has 0 aliphatic rings. The summed E-state index contributed by atoms with van der Waals surface area (Å²) in [6.07, 6.45) is 23.0. The van der Waals surface area contributed by atoms with E-state index in [0.29, 0.717) is 19.4 Å². The lowest BCUT2D eigenvalue weighted by molar-refractivity contribution is 0.219. The molecule has 0 aromatic heterocycles. The Bertz CT molecular complexity index is 1020. The van der Waals surface area contributed by atoms with Gasteiger partial charge in [0.1, 0.15) is 0 Å². The number of aryl methyl sites for hydroxylation is 2. The van der Waals surface area contributed by atoms with Gasteiger partial charge in [-0.05, 0) is 96.0 Å². The molecule has 40 heavy (non-hydrogen) atoms. The predicted octanol–water partition coefficient (Wildman–Crippen LogP) is 12.0. The molecule has 0 amide bonds. The molecule has 0 aliphatic carbocycles. The van der Waals surface area contributed by atoms with Gasteiger partial charge >= 0.3 is 7.60 Å². The van der Waals surface area contributed by atoms with E-state index in [1.807, 2.05) is 26.0 Å². The minimum Gasteiger partial charge on any atom is -0.309 e. The summed E-state index contributed by atoms with van der Waals surface area (Å²) < 4.78 is 25.3. The van der Waals surface area contributed by atoms with E-state index < -0.39 is 7.60 Å². The Kier molecular flexibility index (Phi) is 18.4. The van der Waals surface area contributed by atoms with Crippen LogP contribution in [0.5, 0.6) is 0 Å². The van der Waals surface area contributed by atoms with Gasteiger partial charge in [-0.1, -0.05) is 121 Å². The third-order valence-electron chi connectivity index (χ3n) is 7.37. The molecule has 0 aliphatic heterocycles. The lowest BCUT2D eigenvalue weighted by Gasteiger charge is -2.17. The molecule has 0 heterocycles. The zero-order valence-corrected chi connectivity index (χ0v) is 28.7. The second-order valence-electron chi connectivity index (χ2n) is 10.9. The zero-order chi connectivity index (χ0) is 29.1. The van der Waals surface area contributed by atoms with Crippen LogP contribution in [0.1, 0.15) is 133 Å². The Hall–Kier alpha value is -0.940. The van der Waals surface area contributed by atoms with Crippen molar-refractivity contribution in [2.24, 2.45) is 0 Å². The lowest BCUT2D eigenvalue weighted by Crippen LogP contribution is -1.99. The van der Waals surface area contributed by atoms with Gasteiger partial charge < -0.3 is 9.05 Å². The fraction of sp³-hybridized carbons (Fsp3) is 0.600. The van der Waals surface area contributed by atoms with Crippen molar-refractivity contribution in [1.29, 1.82) is 0 Å². The molecule has 5 heteroatoms. The average Bonchev–Trinajstić information content (AvgIpc) is 2.93. The fourth-order valence-electron chi connectivity index (χ4n) is 5.10. The number of halogens is 1. The van der Waals surface area contributed by atoms with Gasteiger partial charge in [-0.2, -0.15) is 0 Å². The number of hydrogen-bond donors (Lipinski definition) is 0. The van der Waals surface area contributed by atoms with Crippen LogP contribution in [-0.4, -0.2) is 13.2 Å². The van der Waals surface area contributed by atoms with Crippen molar-refractivity contribution in [1.82, 2.24) is 0 Å². The Morgan fingerprint density at radius 1 is 0.675 bits per heavy atom. The summed E-state index contributed by atoms with van der Waals surface area (Å²) in [5.41, 5.74) is 6.43. The first kappa shape index (κ1) is 35.3. The second-order valence-corrected chi connectivity index (χ2v) is 14.1. The largest absolute Gasteiger partial charge is 0.335 e. The summed E-state index contributed by atoms with van der Waals surface area (Å²) in [7, 11) is -3.09. The molecule has 2 aromatic carbocycles. The molecular formula is C35H54IO3P. The number of rotatable bonds is 22. The smallest absolute Gasteiger partial charge is 0.309 e. The van der Waals surface area contributed by atoms with Crippen molar-refractivity contribution >= 4 is 42.3 Å². The van der Waals surface area contributed by atoms with Crippen LogP contribution in [0.25, 0.3) is 12.2 Å². The maximum atomic E-state index is 12.9. The van der Waals surface area contributed by atoms with Gasteiger partial charge in [0, 0.05) is 3.57 Å². The second kappa shape index (κ2) is 20.9. The number of hydrogen-bond acceptors (Lipinski definition) is 3. The first-order valence-electron chi connectivity index (χ1n) is 15.9. The normalized spacial score (nSPS) is 12.0. The summed E-state index contributed by atoms with van der Waals surface area (Å²) >= 11 is 2.55. The highest BCUT2D eigenvalue weighted by atomic mass is 127. The molecule has 0 spiro atoms. The van der Waals surface area contributed by atoms with E-state index in [1.165, 1.54) is 97.3 Å². The van der Waals surface area contributed by atoms with Crippen LogP contribution in [0.2, 0.25) is 0 Å². The van der Waals surface area contributed by atoms with Gasteiger partial charge in [0.05, 0.1) is 19.4 Å². The minimum atomic E-state index is -3.09. The highest BCUT2D eigenvalue weighted by molar-refractivity contribution is 14.1. The van der Waals surface area contributed by atoms with Crippen LogP contribution in [0.3, 0.4) is 0 Å². The van der Waals surface area contributed by atoms with E-state index in [-0.39, 0.29) is 0 Å². The first-order chi connectivity index (χ1) is 19.4. The monoisotopic (exact) mass is 680 g/mol. The van der Waals surface area contributed by atoms with Crippen molar-refractivity contribution in [3.63, 3.8) is 0 Å². The highest BCUT2D eigenvalue weighted by Crippen LogP contribution is 2.51. The third kappa shape index (κ3) is 13.8. The van der Waals surface area contributed by atoms with Crippen molar-refractivity contribution in [2.45, 2.75) is 124 Å². The van der Waals surface area contributed by atoms with E-state index in [4.69, 9.17) is 9.05 Å². The summed E-state index contributed by atoms with van der Waals surface area (Å²) in [6.45, 7) is 9.03. The Morgan fingerprint density at radius 2 is 1.20 bits per heavy atom. The van der Waals surface area contributed by atoms with E-state index in [2.05, 4.69) is 72.9 Å². The molecular weight excluding hydrogens is 626 g/mol. The van der Waals surface area contributed by atoms with Gasteiger partial charge in [-0.25, -0.2) is 0 Å². The fourth-order valence-corrected chi connectivity index (χ4v) is 7.60. The first-order valence-corrected chi connectivity index (χ1v) is 18.7. The lowest BCUT2D eigenvalue weighted by atomic mass is 9.95. The van der Waals surface area contributed by atoms with Crippen LogP contribution >= 0.6 is 30.2 Å². The van der Waals surface area contributed by atoms with E-state index in [0.717, 1.165) is 24.0 Å². The Labute approximate surface area is 259 Å². The SMILES string of the molecule is CCCCCCCCc1cc(/C=C/c2ccc(CP(=O)(OCC)OCC)cc2)c(CCCCCCCC)cc1I. The summed E-state index contributed by atoms with van der Waals surface area (Å²) in [5.74, 6) is 0. The molecule has 0 fully saturated rings. The number of unbranched alkanes of at least 4 members (excludes halogenated alkanes) is 10. The number of benzene rings is 2. The van der Waals surface area contributed by atoms with E-state index >= 15 is 0 Å². The maximum absolute atomic E-state index is 12.9. The van der Waals surface area contributed by atoms with Crippen LogP contribution < -0.4 is 0 Å². The summed E-state index contributed by atoms with van der Waals surface area (Å²) in [6, 6.07) is 13.2. The molecule has 0 N–H and O–H groups in total. The van der Waals surface area contributed by atoms with Crippen LogP contribution in [-0.2, 0) is 32.6 Å². The zero-order valence-electron chi connectivity index (χ0n) is 25.7. The van der Waals surface area contributed by atoms with Crippen LogP contribution in [0.4, 0.5) is 0 Å². The molecule has 0 saturated carbocycles. The van der Waals surface area contributed by atoms with Crippen molar-refractivity contribution in [3.05, 3.63) is 67.8 Å². The van der Waals surface area contributed by atoms with Gasteiger partial charge in [-0.15, -0.1) is 0 Å². The van der Waals surface area contributed by atoms with Crippen molar-refractivity contribution in [3.8, 4) is 0 Å². The Balaban J connectivity index is 2.14. The molecule has 0 unspecified atom stereocenters. The van der Waals surface area contributed by atoms with Gasteiger partial charge in [-0.3, -0.25) is 4.57 Å². The molecule has 3 nitrogen and oxygen atoms in total. The van der Waals surface area contributed by atoms with E-state index in [1.54, 1.807) is 0 Å². The predicted molar refractivity (Wildman–Crippen MR) is 183 cm³/mol. The molecule has 0 radical (unpaired) electrons. The van der Waals surface area contributed by atoms with Gasteiger partial charge in [0.2, 0.25) is 0 Å². The van der Waals surface area contributed by atoms with Crippen molar-refractivity contribution < 1.29 is 13.6 Å². The molecule has 224 valence electrons. The third-order valence-corrected chi connectivity index (χ3v) is 10.4. The van der Waals surface area contributed by atoms with Gasteiger partial charge in [0.15, 0.2) is 0 Å². The minimum absolute atomic E-state index is 0.306. The molecule has 2 aromatic rings. The van der Waals surface area contributed by atoms with Gasteiger partial charge in [0.25, 0.3) is 0 Å². The van der Waals surface area contributed by atoms with Crippen molar-refractivity contribution in [2.75, 3.05) is 13.2 Å². The maximum Gasteiger partial charge on any atom is 0.335 e. The summed E-state index contributed by atoms with van der Waals surface area (Å²) in [4.78, 5) is 0. The standard InChI is InChI=1S/C35H54IO3P/c1-5-9-11-13-15-17-19-32-28-35(36)34(20-18-16-14-12-10-6-2)27-33(32)26-25-30-21-23-31(24-22-30)29-40(37,38-7-3)39-8-4/h21-28H,5-20,29H2,1-4H3/b26-25+. The van der Waals surface area contributed by atoms with E-state index in [9.17, 15) is 4.57 Å².